The Morgan fingerprint density at radius 3 is 2.52 bits per heavy atom. The van der Waals surface area contributed by atoms with Gasteiger partial charge in [0.25, 0.3) is 5.91 Å². The van der Waals surface area contributed by atoms with Crippen molar-refractivity contribution in [2.45, 2.75) is 52.1 Å². The van der Waals surface area contributed by atoms with Crippen LogP contribution in [0.3, 0.4) is 0 Å². The lowest BCUT2D eigenvalue weighted by Gasteiger charge is -2.34. The molecule has 2 heterocycles. The lowest BCUT2D eigenvalue weighted by Crippen LogP contribution is -2.50. The van der Waals surface area contributed by atoms with Gasteiger partial charge in [-0.1, -0.05) is 30.5 Å². The van der Waals surface area contributed by atoms with Crippen LogP contribution in [0.5, 0.6) is 0 Å². The van der Waals surface area contributed by atoms with E-state index in [1.165, 1.54) is 4.90 Å². The second kappa shape index (κ2) is 9.78. The molecule has 0 aliphatic rings. The number of nitrogens with zero attached hydrogens (tertiary/aromatic N) is 4. The molecule has 0 unspecified atom stereocenters. The van der Waals surface area contributed by atoms with Crippen LogP contribution < -0.4 is 10.2 Å². The summed E-state index contributed by atoms with van der Waals surface area (Å²) in [7, 11) is 0. The van der Waals surface area contributed by atoms with E-state index < -0.39 is 11.6 Å². The second-order valence-electron chi connectivity index (χ2n) is 7.90. The van der Waals surface area contributed by atoms with Gasteiger partial charge in [-0.25, -0.2) is 0 Å². The first-order chi connectivity index (χ1) is 14.9. The average molecular weight is 438 g/mol. The monoisotopic (exact) mass is 437 g/mol. The van der Waals surface area contributed by atoms with E-state index in [-0.39, 0.29) is 17.5 Å². The van der Waals surface area contributed by atoms with Gasteiger partial charge in [0.05, 0.1) is 0 Å². The van der Waals surface area contributed by atoms with Crippen LogP contribution >= 0.6 is 11.5 Å². The molecule has 2 amide bonds. The summed E-state index contributed by atoms with van der Waals surface area (Å²) >= 11 is 1.10. The van der Waals surface area contributed by atoms with E-state index in [2.05, 4.69) is 19.9 Å². The van der Waals surface area contributed by atoms with Gasteiger partial charge >= 0.3 is 0 Å². The fourth-order valence-electron chi connectivity index (χ4n) is 3.14. The minimum Gasteiger partial charge on any atom is -0.349 e. The van der Waals surface area contributed by atoms with E-state index in [0.717, 1.165) is 29.9 Å². The number of aromatic nitrogens is 3. The molecule has 162 valence electrons. The Labute approximate surface area is 186 Å². The molecule has 0 saturated heterocycles. The number of hydrogen-bond acceptors (Lipinski definition) is 6. The van der Waals surface area contributed by atoms with Gasteiger partial charge in [0.2, 0.25) is 5.91 Å². The Balaban J connectivity index is 2.16. The minimum atomic E-state index is -0.893. The number of aryl methyl sites for hydroxylation is 1. The highest BCUT2D eigenvalue weighted by atomic mass is 32.1. The summed E-state index contributed by atoms with van der Waals surface area (Å²) in [6, 6.07) is 10.3. The first-order valence-corrected chi connectivity index (χ1v) is 11.1. The highest BCUT2D eigenvalue weighted by Crippen LogP contribution is 2.31. The zero-order valence-electron chi connectivity index (χ0n) is 18.2. The van der Waals surface area contributed by atoms with Crippen molar-refractivity contribution >= 4 is 29.0 Å². The molecule has 1 N–H and O–H groups in total. The second-order valence-corrected chi connectivity index (χ2v) is 8.51. The summed E-state index contributed by atoms with van der Waals surface area (Å²) in [4.78, 5) is 32.8. The summed E-state index contributed by atoms with van der Waals surface area (Å²) in [5, 5.41) is 8.66. The van der Waals surface area contributed by atoms with E-state index in [4.69, 9.17) is 0 Å². The third-order valence-corrected chi connectivity index (χ3v) is 5.77. The van der Waals surface area contributed by atoms with Crippen molar-refractivity contribution in [3.8, 4) is 0 Å². The molecule has 0 spiro atoms. The Bertz CT molecular complexity index is 1020. The highest BCUT2D eigenvalue weighted by molar-refractivity contribution is 7.03. The largest absolute Gasteiger partial charge is 0.349 e. The summed E-state index contributed by atoms with van der Waals surface area (Å²) in [6.45, 7) is 7.98. The van der Waals surface area contributed by atoms with Crippen LogP contribution in [0.25, 0.3) is 0 Å². The molecule has 0 radical (unpaired) electrons. The van der Waals surface area contributed by atoms with E-state index in [1.54, 1.807) is 29.9 Å². The van der Waals surface area contributed by atoms with Crippen molar-refractivity contribution in [3.05, 3.63) is 71.0 Å². The van der Waals surface area contributed by atoms with Crippen LogP contribution in [0.4, 0.5) is 5.69 Å². The number of carbonyl (C=O) groups is 2. The SMILES string of the molecule is CCc1cccc(N(C(=O)c2csnn2)[C@H](C(=O)NC(C)(C)CC)c2ccncc2)c1. The van der Waals surface area contributed by atoms with Crippen LogP contribution in [0.2, 0.25) is 0 Å². The summed E-state index contributed by atoms with van der Waals surface area (Å²) in [5.74, 6) is -0.648. The Hall–Kier alpha value is -3.13. The topological polar surface area (TPSA) is 88.1 Å². The number of amides is 2. The van der Waals surface area contributed by atoms with Gasteiger partial charge in [-0.05, 0) is 73.6 Å². The van der Waals surface area contributed by atoms with Gasteiger partial charge in [-0.15, -0.1) is 5.10 Å². The maximum atomic E-state index is 13.6. The van der Waals surface area contributed by atoms with Crippen molar-refractivity contribution < 1.29 is 9.59 Å². The molecule has 3 aromatic rings. The quantitative estimate of drug-likeness (QED) is 0.571. The van der Waals surface area contributed by atoms with E-state index in [9.17, 15) is 9.59 Å². The molecular weight excluding hydrogens is 410 g/mol. The van der Waals surface area contributed by atoms with E-state index >= 15 is 0 Å². The maximum Gasteiger partial charge on any atom is 0.280 e. The number of nitrogens with one attached hydrogen (secondary N) is 1. The van der Waals surface area contributed by atoms with Crippen LogP contribution in [-0.2, 0) is 11.2 Å². The first kappa shape index (κ1) is 22.6. The molecule has 2 aromatic heterocycles. The number of anilines is 1. The molecule has 1 atom stereocenters. The third-order valence-electron chi connectivity index (χ3n) is 5.27. The lowest BCUT2D eigenvalue weighted by atomic mass is 9.98. The molecule has 1 aromatic carbocycles. The fraction of sp³-hybridized carbons (Fsp3) is 0.348. The van der Waals surface area contributed by atoms with Crippen LogP contribution in [0, 0.1) is 0 Å². The summed E-state index contributed by atoms with van der Waals surface area (Å²) < 4.78 is 3.84. The normalized spacial score (nSPS) is 12.3. The van der Waals surface area contributed by atoms with Gasteiger partial charge in [0.15, 0.2) is 5.69 Å². The predicted molar refractivity (Wildman–Crippen MR) is 122 cm³/mol. The zero-order valence-corrected chi connectivity index (χ0v) is 19.0. The molecule has 0 fully saturated rings. The predicted octanol–water partition coefficient (Wildman–Crippen LogP) is 4.19. The molecule has 0 saturated carbocycles. The maximum absolute atomic E-state index is 13.6. The molecule has 7 nitrogen and oxygen atoms in total. The van der Waals surface area contributed by atoms with Gasteiger partial charge in [-0.3, -0.25) is 19.5 Å². The minimum absolute atomic E-state index is 0.202. The number of pyridine rings is 1. The van der Waals surface area contributed by atoms with Gasteiger partial charge in [0, 0.05) is 29.0 Å². The first-order valence-electron chi connectivity index (χ1n) is 10.3. The van der Waals surface area contributed by atoms with Crippen molar-refractivity contribution in [2.24, 2.45) is 0 Å². The number of rotatable bonds is 8. The molecule has 0 bridgehead atoms. The highest BCUT2D eigenvalue weighted by Gasteiger charge is 2.36. The molecule has 3 rings (SSSR count). The standard InChI is InChI=1S/C23H27N5O2S/c1-5-16-8-7-9-18(14-16)28(22(30)19-15-31-27-26-19)20(17-10-12-24-13-11-17)21(29)25-23(3,4)6-2/h7-15,20H,5-6H2,1-4H3,(H,25,29)/t20-/m0/s1. The van der Waals surface area contributed by atoms with E-state index in [0.29, 0.717) is 11.3 Å². The smallest absolute Gasteiger partial charge is 0.280 e. The molecular formula is C23H27N5O2S. The molecule has 0 aliphatic heterocycles. The van der Waals surface area contributed by atoms with Crippen molar-refractivity contribution in [3.63, 3.8) is 0 Å². The third kappa shape index (κ3) is 5.32. The fourth-order valence-corrected chi connectivity index (χ4v) is 3.57. The van der Waals surface area contributed by atoms with Gasteiger partial charge in [0.1, 0.15) is 6.04 Å². The molecule has 0 aliphatic carbocycles. The van der Waals surface area contributed by atoms with Crippen LogP contribution in [0.1, 0.15) is 61.8 Å². The lowest BCUT2D eigenvalue weighted by molar-refractivity contribution is -0.124. The van der Waals surface area contributed by atoms with Crippen molar-refractivity contribution in [2.75, 3.05) is 4.90 Å². The molecule has 8 heteroatoms. The molecule has 31 heavy (non-hydrogen) atoms. The number of hydrogen-bond donors (Lipinski definition) is 1. The Kier molecular flexibility index (Phi) is 7.12. The van der Waals surface area contributed by atoms with Crippen LogP contribution in [-0.4, -0.2) is 31.9 Å². The summed E-state index contributed by atoms with van der Waals surface area (Å²) in [6.07, 6.45) is 4.80. The van der Waals surface area contributed by atoms with E-state index in [1.807, 2.05) is 52.0 Å². The summed E-state index contributed by atoms with van der Waals surface area (Å²) in [5.41, 5.74) is 2.13. The Morgan fingerprint density at radius 1 is 1.16 bits per heavy atom. The average Bonchev–Trinajstić information content (AvgIpc) is 3.32. The van der Waals surface area contributed by atoms with Crippen LogP contribution in [0.15, 0.2) is 54.2 Å². The number of benzene rings is 1. The van der Waals surface area contributed by atoms with Gasteiger partial charge < -0.3 is 5.32 Å². The van der Waals surface area contributed by atoms with Crippen molar-refractivity contribution in [1.29, 1.82) is 0 Å². The van der Waals surface area contributed by atoms with Gasteiger partial charge in [-0.2, -0.15) is 0 Å². The Morgan fingerprint density at radius 2 is 1.90 bits per heavy atom. The van der Waals surface area contributed by atoms with Crippen molar-refractivity contribution in [1.82, 2.24) is 19.9 Å². The number of carbonyl (C=O) groups excluding carboxylic acids is 2. The zero-order chi connectivity index (χ0) is 22.4.